The van der Waals surface area contributed by atoms with Crippen molar-refractivity contribution < 1.29 is 13.5 Å². The Balaban J connectivity index is 1.96. The molecule has 2 fully saturated rings. The van der Waals surface area contributed by atoms with Gasteiger partial charge in [0.15, 0.2) is 9.84 Å². The van der Waals surface area contributed by atoms with Crippen LogP contribution in [0, 0.1) is 0 Å². The van der Waals surface area contributed by atoms with E-state index in [1.54, 1.807) is 30.3 Å². The highest BCUT2D eigenvalue weighted by molar-refractivity contribution is 7.92. The van der Waals surface area contributed by atoms with E-state index in [0.29, 0.717) is 17.7 Å². The maximum Gasteiger partial charge on any atom is 0.182 e. The van der Waals surface area contributed by atoms with Gasteiger partial charge in [0.2, 0.25) is 0 Å². The van der Waals surface area contributed by atoms with Crippen LogP contribution < -0.4 is 5.32 Å². The van der Waals surface area contributed by atoms with E-state index in [9.17, 15) is 13.5 Å². The summed E-state index contributed by atoms with van der Waals surface area (Å²) in [5, 5.41) is 12.7. The van der Waals surface area contributed by atoms with Crippen molar-refractivity contribution in [3.8, 4) is 0 Å². The summed E-state index contributed by atoms with van der Waals surface area (Å²) < 4.78 is 25.1. The van der Waals surface area contributed by atoms with Gasteiger partial charge in [0.1, 0.15) is 0 Å². The molecule has 3 unspecified atom stereocenters. The van der Waals surface area contributed by atoms with E-state index in [2.05, 4.69) is 5.32 Å². The minimum Gasteiger partial charge on any atom is -0.391 e. The lowest BCUT2D eigenvalue weighted by atomic mass is 10.0. The van der Waals surface area contributed by atoms with Gasteiger partial charge in [-0.1, -0.05) is 18.2 Å². The third-order valence-electron chi connectivity index (χ3n) is 4.04. The van der Waals surface area contributed by atoms with Crippen molar-refractivity contribution in [2.45, 2.75) is 47.6 Å². The molecule has 4 atom stereocenters. The molecule has 4 nitrogen and oxygen atoms in total. The van der Waals surface area contributed by atoms with Crippen molar-refractivity contribution in [1.29, 1.82) is 0 Å². The van der Waals surface area contributed by atoms with Crippen molar-refractivity contribution in [3.63, 3.8) is 0 Å². The van der Waals surface area contributed by atoms with Crippen LogP contribution in [-0.4, -0.2) is 37.0 Å². The van der Waals surface area contributed by atoms with Crippen LogP contribution in [0.4, 0.5) is 0 Å². The molecular weight excluding hydrogens is 250 g/mol. The maximum atomic E-state index is 12.6. The van der Waals surface area contributed by atoms with E-state index in [1.165, 1.54) is 0 Å². The molecule has 18 heavy (non-hydrogen) atoms. The molecule has 1 aromatic carbocycles. The third kappa shape index (κ3) is 1.86. The largest absolute Gasteiger partial charge is 0.391 e. The number of nitrogens with one attached hydrogen (secondary N) is 1. The number of hydrogen-bond acceptors (Lipinski definition) is 4. The molecule has 98 valence electrons. The fourth-order valence-corrected chi connectivity index (χ4v) is 5.11. The predicted octanol–water partition coefficient (Wildman–Crippen LogP) is 0.714. The van der Waals surface area contributed by atoms with Crippen LogP contribution in [0.25, 0.3) is 0 Å². The van der Waals surface area contributed by atoms with Gasteiger partial charge in [-0.15, -0.1) is 0 Å². The molecule has 2 aliphatic heterocycles. The Morgan fingerprint density at radius 1 is 1.17 bits per heavy atom. The first-order valence-corrected chi connectivity index (χ1v) is 7.87. The summed E-state index contributed by atoms with van der Waals surface area (Å²) in [6, 6.07) is 8.46. The van der Waals surface area contributed by atoms with Crippen LogP contribution >= 0.6 is 0 Å². The zero-order valence-electron chi connectivity index (χ0n) is 9.99. The van der Waals surface area contributed by atoms with Gasteiger partial charge in [0, 0.05) is 6.04 Å². The Morgan fingerprint density at radius 3 is 2.61 bits per heavy atom. The van der Waals surface area contributed by atoms with Gasteiger partial charge in [-0.2, -0.15) is 0 Å². The van der Waals surface area contributed by atoms with Crippen molar-refractivity contribution in [1.82, 2.24) is 5.32 Å². The second-order valence-corrected chi connectivity index (χ2v) is 7.33. The van der Waals surface area contributed by atoms with Crippen LogP contribution in [0.15, 0.2) is 35.2 Å². The molecule has 2 aliphatic rings. The molecular formula is C13H17NO3S. The fraction of sp³-hybridized carbons (Fsp3) is 0.538. The Morgan fingerprint density at radius 2 is 1.89 bits per heavy atom. The number of benzene rings is 1. The second kappa shape index (κ2) is 4.33. The zero-order valence-corrected chi connectivity index (χ0v) is 10.8. The summed E-state index contributed by atoms with van der Waals surface area (Å²) >= 11 is 0. The molecule has 2 heterocycles. The summed E-state index contributed by atoms with van der Waals surface area (Å²) in [4.78, 5) is 0.358. The lowest BCUT2D eigenvalue weighted by Crippen LogP contribution is -2.48. The highest BCUT2D eigenvalue weighted by Crippen LogP contribution is 2.34. The van der Waals surface area contributed by atoms with Crippen molar-refractivity contribution in [3.05, 3.63) is 30.3 Å². The average Bonchev–Trinajstić information content (AvgIpc) is 2.75. The van der Waals surface area contributed by atoms with Gasteiger partial charge in [0.05, 0.1) is 22.3 Å². The predicted molar refractivity (Wildman–Crippen MR) is 68.0 cm³/mol. The van der Waals surface area contributed by atoms with Gasteiger partial charge in [0.25, 0.3) is 0 Å². The molecule has 3 rings (SSSR count). The number of aliphatic hydroxyl groups excluding tert-OH is 1. The highest BCUT2D eigenvalue weighted by Gasteiger charge is 2.48. The molecule has 0 aliphatic carbocycles. The molecule has 0 radical (unpaired) electrons. The molecule has 5 heteroatoms. The number of aliphatic hydroxyl groups is 1. The van der Waals surface area contributed by atoms with Gasteiger partial charge in [-0.05, 0) is 31.4 Å². The zero-order chi connectivity index (χ0) is 12.8. The van der Waals surface area contributed by atoms with Gasteiger partial charge < -0.3 is 10.4 Å². The van der Waals surface area contributed by atoms with Crippen molar-refractivity contribution in [2.75, 3.05) is 0 Å². The average molecular weight is 267 g/mol. The van der Waals surface area contributed by atoms with Gasteiger partial charge in [-0.25, -0.2) is 8.42 Å². The van der Waals surface area contributed by atoms with E-state index in [4.69, 9.17) is 0 Å². The lowest BCUT2D eigenvalue weighted by molar-refractivity contribution is 0.104. The number of hydrogen-bond donors (Lipinski definition) is 2. The molecule has 2 bridgehead atoms. The summed E-state index contributed by atoms with van der Waals surface area (Å²) in [6.45, 7) is 0. The molecule has 0 saturated carbocycles. The van der Waals surface area contributed by atoms with Crippen LogP contribution in [0.2, 0.25) is 0 Å². The molecule has 2 N–H and O–H groups in total. The topological polar surface area (TPSA) is 66.4 Å². The second-order valence-electron chi connectivity index (χ2n) is 5.17. The van der Waals surface area contributed by atoms with E-state index in [1.807, 2.05) is 0 Å². The number of sulfone groups is 1. The van der Waals surface area contributed by atoms with Gasteiger partial charge in [-0.3, -0.25) is 0 Å². The lowest BCUT2D eigenvalue weighted by Gasteiger charge is -2.28. The van der Waals surface area contributed by atoms with Crippen molar-refractivity contribution >= 4 is 9.84 Å². The Hall–Kier alpha value is -0.910. The van der Waals surface area contributed by atoms with E-state index in [-0.39, 0.29) is 12.1 Å². The van der Waals surface area contributed by atoms with Crippen LogP contribution in [0.5, 0.6) is 0 Å². The Bertz CT molecular complexity index is 528. The first-order valence-electron chi connectivity index (χ1n) is 6.32. The Labute approximate surface area is 107 Å². The SMILES string of the molecule is O=S(=O)(c1ccccc1)C1CC2CC[C@@H](O)C1N2. The molecule has 1 aromatic rings. The highest BCUT2D eigenvalue weighted by atomic mass is 32.2. The van der Waals surface area contributed by atoms with Crippen LogP contribution in [0.1, 0.15) is 19.3 Å². The minimum absolute atomic E-state index is 0.238. The van der Waals surface area contributed by atoms with Crippen molar-refractivity contribution in [2.24, 2.45) is 0 Å². The molecule has 0 spiro atoms. The number of fused-ring (bicyclic) bond motifs is 2. The molecule has 0 amide bonds. The molecule has 2 saturated heterocycles. The summed E-state index contributed by atoms with van der Waals surface area (Å²) in [5.74, 6) is 0. The Kier molecular flexibility index (Phi) is 2.92. The summed E-state index contributed by atoms with van der Waals surface area (Å²) in [5.41, 5.74) is 0. The third-order valence-corrected chi connectivity index (χ3v) is 6.25. The number of rotatable bonds is 2. The van der Waals surface area contributed by atoms with Crippen LogP contribution in [0.3, 0.4) is 0 Å². The van der Waals surface area contributed by atoms with E-state index < -0.39 is 21.2 Å². The minimum atomic E-state index is -3.35. The maximum absolute atomic E-state index is 12.6. The monoisotopic (exact) mass is 267 g/mol. The summed E-state index contributed by atoms with van der Waals surface area (Å²) in [7, 11) is -3.35. The van der Waals surface area contributed by atoms with E-state index >= 15 is 0 Å². The first-order chi connectivity index (χ1) is 8.59. The summed E-state index contributed by atoms with van der Waals surface area (Å²) in [6.07, 6.45) is 1.62. The van der Waals surface area contributed by atoms with Gasteiger partial charge >= 0.3 is 0 Å². The smallest absolute Gasteiger partial charge is 0.182 e. The normalized spacial score (nSPS) is 35.6. The number of piperidine rings is 1. The quantitative estimate of drug-likeness (QED) is 0.828. The fourth-order valence-electron chi connectivity index (χ4n) is 3.09. The molecule has 0 aromatic heterocycles. The first kappa shape index (κ1) is 12.1. The van der Waals surface area contributed by atoms with E-state index in [0.717, 1.165) is 6.42 Å². The standard InChI is InChI=1S/C13H17NO3S/c15-11-7-6-9-8-12(13(11)14-9)18(16,17)10-4-2-1-3-5-10/h1-5,9,11-15H,6-8H2/t9?,11-,12?,13?/m1/s1. The van der Waals surface area contributed by atoms with Crippen LogP contribution in [-0.2, 0) is 9.84 Å².